The lowest BCUT2D eigenvalue weighted by molar-refractivity contribution is -0.123. The lowest BCUT2D eigenvalue weighted by atomic mass is 10.2. The number of ether oxygens (including phenoxy) is 2. The third-order valence-electron chi connectivity index (χ3n) is 4.17. The third kappa shape index (κ3) is 3.79. The second kappa shape index (κ2) is 7.91. The lowest BCUT2D eigenvalue weighted by Crippen LogP contribution is -2.29. The number of fused-ring (bicyclic) bond motifs is 1. The molecule has 0 atom stereocenters. The molecule has 136 valence electrons. The molecule has 0 bridgehead atoms. The Morgan fingerprint density at radius 2 is 2.00 bits per heavy atom. The first kappa shape index (κ1) is 17.8. The average molecular weight is 353 g/mol. The molecule has 0 spiro atoms. The highest BCUT2D eigenvalue weighted by Crippen LogP contribution is 2.27. The maximum atomic E-state index is 12.2. The van der Waals surface area contributed by atoms with Crippen molar-refractivity contribution in [2.45, 2.75) is 26.9 Å². The summed E-state index contributed by atoms with van der Waals surface area (Å²) in [4.78, 5) is 16.8. The van der Waals surface area contributed by atoms with Crippen LogP contribution in [-0.4, -0.2) is 29.2 Å². The van der Waals surface area contributed by atoms with Crippen LogP contribution in [0.25, 0.3) is 11.0 Å². The molecular formula is C20H23N3O3. The second-order valence-corrected chi connectivity index (χ2v) is 5.98. The molecule has 0 unspecified atom stereocenters. The lowest BCUT2D eigenvalue weighted by Gasteiger charge is -2.11. The third-order valence-corrected chi connectivity index (χ3v) is 4.17. The van der Waals surface area contributed by atoms with Gasteiger partial charge in [-0.25, -0.2) is 4.98 Å². The van der Waals surface area contributed by atoms with E-state index in [1.165, 1.54) is 0 Å². The average Bonchev–Trinajstić information content (AvgIpc) is 3.02. The number of carbonyl (C=O) groups is 1. The number of amides is 1. The van der Waals surface area contributed by atoms with E-state index in [2.05, 4.69) is 21.8 Å². The zero-order valence-electron chi connectivity index (χ0n) is 15.3. The van der Waals surface area contributed by atoms with Crippen LogP contribution in [0.3, 0.4) is 0 Å². The van der Waals surface area contributed by atoms with Gasteiger partial charge in [0, 0.05) is 6.54 Å². The van der Waals surface area contributed by atoms with Gasteiger partial charge in [0.25, 0.3) is 5.91 Å². The van der Waals surface area contributed by atoms with Gasteiger partial charge in [-0.3, -0.25) is 4.79 Å². The molecule has 0 fully saturated rings. The summed E-state index contributed by atoms with van der Waals surface area (Å²) >= 11 is 0. The molecule has 0 aliphatic rings. The van der Waals surface area contributed by atoms with E-state index in [1.807, 2.05) is 43.3 Å². The Hall–Kier alpha value is -3.02. The van der Waals surface area contributed by atoms with Gasteiger partial charge in [0.05, 0.1) is 24.7 Å². The van der Waals surface area contributed by atoms with Gasteiger partial charge in [-0.2, -0.15) is 0 Å². The van der Waals surface area contributed by atoms with E-state index in [1.54, 1.807) is 13.2 Å². The molecule has 1 heterocycles. The number of para-hydroxylation sites is 2. The number of imidazole rings is 1. The van der Waals surface area contributed by atoms with Gasteiger partial charge in [0.15, 0.2) is 18.1 Å². The normalized spacial score (nSPS) is 10.7. The highest BCUT2D eigenvalue weighted by molar-refractivity contribution is 5.78. The Balaban J connectivity index is 1.61. The molecule has 2 aromatic carbocycles. The van der Waals surface area contributed by atoms with Crippen molar-refractivity contribution in [3.05, 3.63) is 53.9 Å². The summed E-state index contributed by atoms with van der Waals surface area (Å²) in [5.41, 5.74) is 3.07. The fraction of sp³-hybridized carbons (Fsp3) is 0.300. The summed E-state index contributed by atoms with van der Waals surface area (Å²) in [5.74, 6) is 1.79. The minimum Gasteiger partial charge on any atom is -0.493 e. The predicted octanol–water partition coefficient (Wildman–Crippen LogP) is 3.07. The monoisotopic (exact) mass is 353 g/mol. The minimum absolute atomic E-state index is 0.0776. The van der Waals surface area contributed by atoms with Crippen LogP contribution in [0.4, 0.5) is 0 Å². The molecule has 3 aromatic rings. The fourth-order valence-corrected chi connectivity index (χ4v) is 2.88. The van der Waals surface area contributed by atoms with Crippen LogP contribution >= 0.6 is 0 Å². The smallest absolute Gasteiger partial charge is 0.258 e. The Kier molecular flexibility index (Phi) is 5.41. The molecule has 6 heteroatoms. The number of rotatable bonds is 7. The van der Waals surface area contributed by atoms with Gasteiger partial charge in [0.2, 0.25) is 0 Å². The number of carbonyl (C=O) groups excluding carboxylic acids is 1. The summed E-state index contributed by atoms with van der Waals surface area (Å²) in [6.45, 7) is 5.11. The van der Waals surface area contributed by atoms with Crippen LogP contribution in [0.15, 0.2) is 42.5 Å². The van der Waals surface area contributed by atoms with E-state index in [9.17, 15) is 4.79 Å². The van der Waals surface area contributed by atoms with E-state index in [0.717, 1.165) is 29.0 Å². The van der Waals surface area contributed by atoms with Crippen LogP contribution in [-0.2, 0) is 17.9 Å². The van der Waals surface area contributed by atoms with Crippen molar-refractivity contribution < 1.29 is 14.3 Å². The maximum Gasteiger partial charge on any atom is 0.258 e. The molecule has 0 aliphatic heterocycles. The topological polar surface area (TPSA) is 65.4 Å². The highest BCUT2D eigenvalue weighted by Gasteiger charge is 2.11. The molecule has 0 radical (unpaired) electrons. The summed E-state index contributed by atoms with van der Waals surface area (Å²) < 4.78 is 13.0. The Labute approximate surface area is 152 Å². The maximum absolute atomic E-state index is 12.2. The zero-order chi connectivity index (χ0) is 18.5. The molecule has 26 heavy (non-hydrogen) atoms. The fourth-order valence-electron chi connectivity index (χ4n) is 2.88. The van der Waals surface area contributed by atoms with Gasteiger partial charge in [-0.05, 0) is 43.7 Å². The Morgan fingerprint density at radius 3 is 2.77 bits per heavy atom. The molecular weight excluding hydrogens is 330 g/mol. The van der Waals surface area contributed by atoms with E-state index in [4.69, 9.17) is 9.47 Å². The molecule has 0 saturated carbocycles. The first-order valence-electron chi connectivity index (χ1n) is 8.60. The van der Waals surface area contributed by atoms with Gasteiger partial charge in [-0.15, -0.1) is 0 Å². The molecule has 0 aliphatic carbocycles. The van der Waals surface area contributed by atoms with Crippen molar-refractivity contribution in [3.8, 4) is 11.5 Å². The van der Waals surface area contributed by atoms with Crippen molar-refractivity contribution in [1.82, 2.24) is 14.9 Å². The van der Waals surface area contributed by atoms with Crippen LogP contribution in [0.5, 0.6) is 11.5 Å². The SMILES string of the molecule is CCn1c(CNC(=O)COc2ccc(C)cc2OC)nc2ccccc21. The number of aryl methyl sites for hydroxylation is 2. The Morgan fingerprint density at radius 1 is 1.19 bits per heavy atom. The number of nitrogens with zero attached hydrogens (tertiary/aromatic N) is 2. The van der Waals surface area contributed by atoms with E-state index < -0.39 is 0 Å². The zero-order valence-corrected chi connectivity index (χ0v) is 15.3. The Bertz CT molecular complexity index is 918. The first-order valence-corrected chi connectivity index (χ1v) is 8.60. The second-order valence-electron chi connectivity index (χ2n) is 5.98. The highest BCUT2D eigenvalue weighted by atomic mass is 16.5. The van der Waals surface area contributed by atoms with Crippen LogP contribution in [0.2, 0.25) is 0 Å². The van der Waals surface area contributed by atoms with Crippen LogP contribution in [0, 0.1) is 6.92 Å². The van der Waals surface area contributed by atoms with Gasteiger partial charge >= 0.3 is 0 Å². The quantitative estimate of drug-likeness (QED) is 0.709. The molecule has 1 aromatic heterocycles. The number of benzene rings is 2. The minimum atomic E-state index is -0.206. The van der Waals surface area contributed by atoms with Gasteiger partial charge in [0.1, 0.15) is 5.82 Å². The molecule has 1 N–H and O–H groups in total. The van der Waals surface area contributed by atoms with Gasteiger partial charge < -0.3 is 19.4 Å². The van der Waals surface area contributed by atoms with Crippen LogP contribution < -0.4 is 14.8 Å². The van der Waals surface area contributed by atoms with Crippen molar-refractivity contribution in [2.24, 2.45) is 0 Å². The largest absolute Gasteiger partial charge is 0.493 e. The molecule has 1 amide bonds. The van der Waals surface area contributed by atoms with Crippen molar-refractivity contribution in [3.63, 3.8) is 0 Å². The summed E-state index contributed by atoms with van der Waals surface area (Å²) in [7, 11) is 1.58. The number of hydrogen-bond donors (Lipinski definition) is 1. The number of methoxy groups -OCH3 is 1. The molecule has 3 rings (SSSR count). The van der Waals surface area contributed by atoms with E-state index >= 15 is 0 Å². The van der Waals surface area contributed by atoms with Crippen molar-refractivity contribution in [1.29, 1.82) is 0 Å². The molecule has 0 saturated heterocycles. The number of nitrogens with one attached hydrogen (secondary N) is 1. The van der Waals surface area contributed by atoms with Crippen molar-refractivity contribution >= 4 is 16.9 Å². The molecule has 6 nitrogen and oxygen atoms in total. The summed E-state index contributed by atoms with van der Waals surface area (Å²) in [5, 5.41) is 2.87. The number of aromatic nitrogens is 2. The van der Waals surface area contributed by atoms with Crippen molar-refractivity contribution in [2.75, 3.05) is 13.7 Å². The standard InChI is InChI=1S/C20H23N3O3/c1-4-23-16-8-6-5-7-15(16)22-19(23)12-21-20(24)13-26-17-10-9-14(2)11-18(17)25-3/h5-11H,4,12-13H2,1-3H3,(H,21,24). The van der Waals surface area contributed by atoms with Crippen LogP contribution in [0.1, 0.15) is 18.3 Å². The first-order chi connectivity index (χ1) is 12.6. The predicted molar refractivity (Wildman–Crippen MR) is 100 cm³/mol. The number of hydrogen-bond acceptors (Lipinski definition) is 4. The van der Waals surface area contributed by atoms with E-state index in [0.29, 0.717) is 18.0 Å². The van der Waals surface area contributed by atoms with Gasteiger partial charge in [-0.1, -0.05) is 18.2 Å². The van der Waals surface area contributed by atoms with E-state index in [-0.39, 0.29) is 12.5 Å². The summed E-state index contributed by atoms with van der Waals surface area (Å²) in [6, 6.07) is 13.5. The summed E-state index contributed by atoms with van der Waals surface area (Å²) in [6.07, 6.45) is 0.